The second kappa shape index (κ2) is 10.8. The number of carbonyl (C=O) groups excluding carboxylic acids is 1. The van der Waals surface area contributed by atoms with E-state index in [-0.39, 0.29) is 5.91 Å². The number of carbonyl (C=O) groups is 1. The van der Waals surface area contributed by atoms with E-state index < -0.39 is 10.0 Å². The molecule has 7 nitrogen and oxygen atoms in total. The number of anilines is 1. The monoisotopic (exact) mass is 488 g/mol. The zero-order valence-electron chi connectivity index (χ0n) is 19.6. The molecule has 1 amide bonds. The minimum atomic E-state index is -3.47. The largest absolute Gasteiger partial charge is 0.322 e. The van der Waals surface area contributed by atoms with Gasteiger partial charge in [-0.2, -0.15) is 9.57 Å². The Balaban J connectivity index is 1.29. The standard InChI is InChI=1S/C27H28N4O3S/c1-21-2-12-26(13-3-21)35(33,34)31-18-16-30(17-19-31)20-23-4-8-24(9-5-23)27(32)29-25-10-6-22(7-11-25)14-15-28/h2-13H,14,16-20H2,1H3,(H,29,32). The van der Waals surface area contributed by atoms with Crippen molar-refractivity contribution in [3.8, 4) is 6.07 Å². The van der Waals surface area contributed by atoms with Gasteiger partial charge in [-0.15, -0.1) is 0 Å². The third kappa shape index (κ3) is 6.14. The first-order valence-corrected chi connectivity index (χ1v) is 12.9. The van der Waals surface area contributed by atoms with Crippen molar-refractivity contribution in [2.45, 2.75) is 24.8 Å². The molecule has 1 heterocycles. The van der Waals surface area contributed by atoms with Crippen molar-refractivity contribution in [2.75, 3.05) is 31.5 Å². The first kappa shape index (κ1) is 24.6. The van der Waals surface area contributed by atoms with Gasteiger partial charge in [-0.3, -0.25) is 9.69 Å². The molecule has 0 atom stereocenters. The number of aryl methyl sites for hydroxylation is 1. The number of rotatable bonds is 7. The molecule has 180 valence electrons. The van der Waals surface area contributed by atoms with Gasteiger partial charge < -0.3 is 5.32 Å². The van der Waals surface area contributed by atoms with Gasteiger partial charge >= 0.3 is 0 Å². The second-order valence-corrected chi connectivity index (χ2v) is 10.6. The maximum absolute atomic E-state index is 12.9. The Labute approximate surface area is 206 Å². The average Bonchev–Trinajstić information content (AvgIpc) is 2.86. The van der Waals surface area contributed by atoms with Crippen LogP contribution >= 0.6 is 0 Å². The zero-order chi connectivity index (χ0) is 24.8. The molecule has 0 bridgehead atoms. The van der Waals surface area contributed by atoms with Crippen LogP contribution in [0.25, 0.3) is 0 Å². The highest BCUT2D eigenvalue weighted by Crippen LogP contribution is 2.19. The number of nitriles is 1. The second-order valence-electron chi connectivity index (χ2n) is 8.68. The zero-order valence-corrected chi connectivity index (χ0v) is 20.5. The first-order valence-electron chi connectivity index (χ1n) is 11.5. The van der Waals surface area contributed by atoms with E-state index in [0.29, 0.717) is 55.3 Å². The van der Waals surface area contributed by atoms with Crippen LogP contribution in [0.1, 0.15) is 27.0 Å². The van der Waals surface area contributed by atoms with Gasteiger partial charge in [-0.25, -0.2) is 8.42 Å². The summed E-state index contributed by atoms with van der Waals surface area (Å²) in [5, 5.41) is 11.6. The number of nitrogens with zero attached hydrogens (tertiary/aromatic N) is 3. The minimum Gasteiger partial charge on any atom is -0.322 e. The molecule has 1 aliphatic rings. The van der Waals surface area contributed by atoms with E-state index in [9.17, 15) is 13.2 Å². The molecule has 3 aromatic rings. The summed E-state index contributed by atoms with van der Waals surface area (Å²) < 4.78 is 27.3. The van der Waals surface area contributed by atoms with Crippen molar-refractivity contribution in [1.29, 1.82) is 5.26 Å². The van der Waals surface area contributed by atoms with Crippen LogP contribution in [0.15, 0.2) is 77.7 Å². The summed E-state index contributed by atoms with van der Waals surface area (Å²) in [5.41, 5.74) is 4.24. The summed E-state index contributed by atoms with van der Waals surface area (Å²) in [6.07, 6.45) is 0.341. The SMILES string of the molecule is Cc1ccc(S(=O)(=O)N2CCN(Cc3ccc(C(=O)Nc4ccc(CC#N)cc4)cc3)CC2)cc1. The molecular formula is C27H28N4O3S. The predicted molar refractivity (Wildman–Crippen MR) is 135 cm³/mol. The molecule has 1 saturated heterocycles. The van der Waals surface area contributed by atoms with Crippen molar-refractivity contribution < 1.29 is 13.2 Å². The number of sulfonamides is 1. The van der Waals surface area contributed by atoms with E-state index >= 15 is 0 Å². The molecule has 3 aromatic carbocycles. The van der Waals surface area contributed by atoms with E-state index in [0.717, 1.165) is 16.7 Å². The van der Waals surface area contributed by atoms with E-state index in [1.54, 1.807) is 40.7 Å². The van der Waals surface area contributed by atoms with Crippen molar-refractivity contribution in [3.63, 3.8) is 0 Å². The Hall–Kier alpha value is -3.51. The number of hydrogen-bond donors (Lipinski definition) is 1. The minimum absolute atomic E-state index is 0.195. The molecular weight excluding hydrogens is 460 g/mol. The fourth-order valence-corrected chi connectivity index (χ4v) is 5.43. The lowest BCUT2D eigenvalue weighted by molar-refractivity contribution is 0.102. The smallest absolute Gasteiger partial charge is 0.255 e. The maximum atomic E-state index is 12.9. The summed E-state index contributed by atoms with van der Waals surface area (Å²) in [7, 11) is -3.47. The number of nitrogens with one attached hydrogen (secondary N) is 1. The molecule has 0 spiro atoms. The topological polar surface area (TPSA) is 93.5 Å². The normalized spacial score (nSPS) is 14.9. The van der Waals surface area contributed by atoms with Crippen LogP contribution in [0.5, 0.6) is 0 Å². The Morgan fingerprint density at radius 1 is 0.886 bits per heavy atom. The first-order chi connectivity index (χ1) is 16.8. The fraction of sp³-hybridized carbons (Fsp3) is 0.259. The van der Waals surface area contributed by atoms with Crippen molar-refractivity contribution in [3.05, 3.63) is 95.1 Å². The van der Waals surface area contributed by atoms with Gasteiger partial charge in [0.05, 0.1) is 17.4 Å². The Kier molecular flexibility index (Phi) is 7.61. The Morgan fingerprint density at radius 3 is 2.09 bits per heavy atom. The predicted octanol–water partition coefficient (Wildman–Crippen LogP) is 3.82. The van der Waals surface area contributed by atoms with Crippen LogP contribution in [-0.2, 0) is 23.0 Å². The van der Waals surface area contributed by atoms with E-state index in [1.807, 2.05) is 43.3 Å². The van der Waals surface area contributed by atoms with Crippen LogP contribution in [0.2, 0.25) is 0 Å². The van der Waals surface area contributed by atoms with E-state index in [1.165, 1.54) is 0 Å². The van der Waals surface area contributed by atoms with Crippen molar-refractivity contribution in [2.24, 2.45) is 0 Å². The van der Waals surface area contributed by atoms with E-state index in [4.69, 9.17) is 5.26 Å². The van der Waals surface area contributed by atoms with Gasteiger partial charge in [-0.1, -0.05) is 42.0 Å². The van der Waals surface area contributed by atoms with Gasteiger partial charge in [0.1, 0.15) is 0 Å². The number of benzene rings is 3. The molecule has 1 fully saturated rings. The lowest BCUT2D eigenvalue weighted by Crippen LogP contribution is -2.48. The van der Waals surface area contributed by atoms with Crippen molar-refractivity contribution in [1.82, 2.24) is 9.21 Å². The third-order valence-corrected chi connectivity index (χ3v) is 8.02. The fourth-order valence-electron chi connectivity index (χ4n) is 4.01. The molecule has 0 unspecified atom stereocenters. The lowest BCUT2D eigenvalue weighted by atomic mass is 10.1. The molecule has 1 N–H and O–H groups in total. The molecule has 0 radical (unpaired) electrons. The van der Waals surface area contributed by atoms with Gasteiger partial charge in [-0.05, 0) is 54.4 Å². The summed E-state index contributed by atoms with van der Waals surface area (Å²) in [6, 6.07) is 23.8. The highest BCUT2D eigenvalue weighted by molar-refractivity contribution is 7.89. The van der Waals surface area contributed by atoms with E-state index in [2.05, 4.69) is 16.3 Å². The van der Waals surface area contributed by atoms with Gasteiger partial charge in [0.2, 0.25) is 10.0 Å². The third-order valence-electron chi connectivity index (χ3n) is 6.11. The van der Waals surface area contributed by atoms with Crippen LogP contribution in [0.3, 0.4) is 0 Å². The maximum Gasteiger partial charge on any atom is 0.255 e. The Morgan fingerprint density at radius 2 is 1.49 bits per heavy atom. The van der Waals surface area contributed by atoms with Gasteiger partial charge in [0.15, 0.2) is 0 Å². The number of amides is 1. The highest BCUT2D eigenvalue weighted by atomic mass is 32.2. The lowest BCUT2D eigenvalue weighted by Gasteiger charge is -2.34. The number of hydrogen-bond acceptors (Lipinski definition) is 5. The highest BCUT2D eigenvalue weighted by Gasteiger charge is 2.28. The van der Waals surface area contributed by atoms with Crippen molar-refractivity contribution >= 4 is 21.6 Å². The van der Waals surface area contributed by atoms with Crippen LogP contribution in [0, 0.1) is 18.3 Å². The molecule has 0 aromatic heterocycles. The van der Waals surface area contributed by atoms with Crippen LogP contribution in [-0.4, -0.2) is 49.7 Å². The molecule has 1 aliphatic heterocycles. The quantitative estimate of drug-likeness (QED) is 0.546. The van der Waals surface area contributed by atoms with Crippen LogP contribution in [0.4, 0.5) is 5.69 Å². The molecule has 0 saturated carbocycles. The Bertz CT molecular complexity index is 1300. The van der Waals surface area contributed by atoms with Gasteiger partial charge in [0.25, 0.3) is 5.91 Å². The van der Waals surface area contributed by atoms with Gasteiger partial charge in [0, 0.05) is 44.0 Å². The molecule has 35 heavy (non-hydrogen) atoms. The summed E-state index contributed by atoms with van der Waals surface area (Å²) in [6.45, 7) is 4.82. The van der Waals surface area contributed by atoms with Crippen LogP contribution < -0.4 is 5.32 Å². The number of piperazine rings is 1. The average molecular weight is 489 g/mol. The molecule has 0 aliphatic carbocycles. The molecule has 8 heteroatoms. The summed E-state index contributed by atoms with van der Waals surface area (Å²) >= 11 is 0. The summed E-state index contributed by atoms with van der Waals surface area (Å²) in [4.78, 5) is 15.1. The summed E-state index contributed by atoms with van der Waals surface area (Å²) in [5.74, 6) is -0.195. The molecule has 4 rings (SSSR count).